The second-order valence-electron chi connectivity index (χ2n) is 2.74. The molecule has 5 heteroatoms. The molecule has 0 atom stereocenters. The van der Waals surface area contributed by atoms with Crippen molar-refractivity contribution in [1.82, 2.24) is 9.78 Å². The summed E-state index contributed by atoms with van der Waals surface area (Å²) >= 11 is 0. The third-order valence-electron chi connectivity index (χ3n) is 1.70. The standard InChI is InChI=1S/C8H11FN2O2/c1-6-7(8(12)13)5-11(10-6)4-2-3-9/h5H,2-4H2,1H3,(H,12,13). The molecule has 0 aromatic carbocycles. The quantitative estimate of drug-likeness (QED) is 0.769. The van der Waals surface area contributed by atoms with Crippen molar-refractivity contribution in [3.8, 4) is 0 Å². The van der Waals surface area contributed by atoms with Crippen LogP contribution in [0.3, 0.4) is 0 Å². The lowest BCUT2D eigenvalue weighted by molar-refractivity contribution is 0.0696. The van der Waals surface area contributed by atoms with Crippen LogP contribution in [-0.2, 0) is 6.54 Å². The van der Waals surface area contributed by atoms with Crippen LogP contribution in [0.15, 0.2) is 6.20 Å². The first kappa shape index (κ1) is 9.70. The minimum atomic E-state index is -0.996. The van der Waals surface area contributed by atoms with E-state index in [9.17, 15) is 9.18 Å². The lowest BCUT2D eigenvalue weighted by Gasteiger charge is -1.95. The van der Waals surface area contributed by atoms with Crippen LogP contribution in [0.5, 0.6) is 0 Å². The van der Waals surface area contributed by atoms with Crippen LogP contribution >= 0.6 is 0 Å². The fraction of sp³-hybridized carbons (Fsp3) is 0.500. The normalized spacial score (nSPS) is 10.3. The van der Waals surface area contributed by atoms with Crippen LogP contribution in [0.4, 0.5) is 4.39 Å². The van der Waals surface area contributed by atoms with E-state index in [1.807, 2.05) is 0 Å². The Morgan fingerprint density at radius 1 is 1.77 bits per heavy atom. The van der Waals surface area contributed by atoms with Gasteiger partial charge in [0.15, 0.2) is 0 Å². The number of nitrogens with zero attached hydrogens (tertiary/aromatic N) is 2. The van der Waals surface area contributed by atoms with Crippen molar-refractivity contribution in [3.05, 3.63) is 17.5 Å². The molecule has 1 aromatic heterocycles. The Kier molecular flexibility index (Phi) is 3.00. The summed E-state index contributed by atoms with van der Waals surface area (Å²) in [6, 6.07) is 0. The summed E-state index contributed by atoms with van der Waals surface area (Å²) < 4.78 is 13.2. The number of aryl methyl sites for hydroxylation is 2. The van der Waals surface area contributed by atoms with Gasteiger partial charge in [-0.25, -0.2) is 4.79 Å². The maximum atomic E-state index is 11.8. The molecule has 1 aromatic rings. The van der Waals surface area contributed by atoms with Crippen molar-refractivity contribution in [1.29, 1.82) is 0 Å². The summed E-state index contributed by atoms with van der Waals surface area (Å²) in [6.45, 7) is 1.63. The molecule has 1 rings (SSSR count). The van der Waals surface area contributed by atoms with E-state index in [4.69, 9.17) is 5.11 Å². The number of alkyl halides is 1. The minimum Gasteiger partial charge on any atom is -0.478 e. The molecule has 72 valence electrons. The lowest BCUT2D eigenvalue weighted by Crippen LogP contribution is -1.99. The van der Waals surface area contributed by atoms with Crippen LogP contribution in [0, 0.1) is 6.92 Å². The highest BCUT2D eigenvalue weighted by atomic mass is 19.1. The summed E-state index contributed by atoms with van der Waals surface area (Å²) in [6.07, 6.45) is 1.79. The third kappa shape index (κ3) is 2.27. The van der Waals surface area contributed by atoms with Crippen LogP contribution in [0.25, 0.3) is 0 Å². The predicted molar refractivity (Wildman–Crippen MR) is 44.5 cm³/mol. The molecule has 0 aliphatic carbocycles. The lowest BCUT2D eigenvalue weighted by atomic mass is 10.3. The Morgan fingerprint density at radius 2 is 2.46 bits per heavy atom. The summed E-state index contributed by atoms with van der Waals surface area (Å²) in [5.41, 5.74) is 0.644. The SMILES string of the molecule is Cc1nn(CCCF)cc1C(=O)O. The maximum absolute atomic E-state index is 11.8. The largest absolute Gasteiger partial charge is 0.478 e. The van der Waals surface area contributed by atoms with E-state index in [0.717, 1.165) is 0 Å². The molecular formula is C8H11FN2O2. The zero-order valence-electron chi connectivity index (χ0n) is 7.33. The first-order valence-electron chi connectivity index (χ1n) is 3.98. The Morgan fingerprint density at radius 3 is 2.92 bits per heavy atom. The van der Waals surface area contributed by atoms with Crippen molar-refractivity contribution in [2.24, 2.45) is 0 Å². The van der Waals surface area contributed by atoms with Gasteiger partial charge in [-0.3, -0.25) is 9.07 Å². The number of rotatable bonds is 4. The van der Waals surface area contributed by atoms with Gasteiger partial charge in [0, 0.05) is 12.7 Å². The van der Waals surface area contributed by atoms with E-state index >= 15 is 0 Å². The van der Waals surface area contributed by atoms with Crippen LogP contribution in [0.2, 0.25) is 0 Å². The number of halogens is 1. The molecule has 1 heterocycles. The molecule has 0 bridgehead atoms. The van der Waals surface area contributed by atoms with Crippen LogP contribution in [0.1, 0.15) is 22.5 Å². The highest BCUT2D eigenvalue weighted by molar-refractivity contribution is 5.88. The molecule has 0 saturated heterocycles. The molecule has 0 radical (unpaired) electrons. The Hall–Kier alpha value is -1.39. The number of carbonyl (C=O) groups is 1. The predicted octanol–water partition coefficient (Wildman–Crippen LogP) is 1.25. The molecule has 0 aliphatic rings. The molecule has 0 spiro atoms. The Bertz CT molecular complexity index is 309. The fourth-order valence-electron chi connectivity index (χ4n) is 1.06. The number of aromatic nitrogens is 2. The fourth-order valence-corrected chi connectivity index (χ4v) is 1.06. The van der Waals surface area contributed by atoms with Crippen molar-refractivity contribution >= 4 is 5.97 Å². The van der Waals surface area contributed by atoms with Crippen molar-refractivity contribution < 1.29 is 14.3 Å². The van der Waals surface area contributed by atoms with Gasteiger partial charge in [-0.2, -0.15) is 5.10 Å². The Labute approximate surface area is 75.0 Å². The van der Waals surface area contributed by atoms with Gasteiger partial charge in [0.2, 0.25) is 0 Å². The van der Waals surface area contributed by atoms with Crippen LogP contribution < -0.4 is 0 Å². The van der Waals surface area contributed by atoms with Crippen molar-refractivity contribution in [3.63, 3.8) is 0 Å². The average Bonchev–Trinajstić information content (AvgIpc) is 2.43. The summed E-state index contributed by atoms with van der Waals surface area (Å²) in [5, 5.41) is 12.6. The zero-order chi connectivity index (χ0) is 9.84. The topological polar surface area (TPSA) is 55.1 Å². The summed E-state index contributed by atoms with van der Waals surface area (Å²) in [5.74, 6) is -0.996. The van der Waals surface area contributed by atoms with Gasteiger partial charge in [-0.05, 0) is 13.3 Å². The molecule has 0 fully saturated rings. The molecule has 0 amide bonds. The van der Waals surface area contributed by atoms with Gasteiger partial charge in [0.25, 0.3) is 0 Å². The van der Waals surface area contributed by atoms with Crippen molar-refractivity contribution in [2.45, 2.75) is 19.9 Å². The Balaban J connectivity index is 2.76. The highest BCUT2D eigenvalue weighted by Crippen LogP contribution is 2.05. The highest BCUT2D eigenvalue weighted by Gasteiger charge is 2.10. The minimum absolute atomic E-state index is 0.179. The zero-order valence-corrected chi connectivity index (χ0v) is 7.33. The number of carboxylic acids is 1. The van der Waals surface area contributed by atoms with Gasteiger partial charge >= 0.3 is 5.97 Å². The van der Waals surface area contributed by atoms with E-state index in [1.54, 1.807) is 6.92 Å². The first-order chi connectivity index (χ1) is 6.15. The first-order valence-corrected chi connectivity index (χ1v) is 3.98. The number of aromatic carboxylic acids is 1. The maximum Gasteiger partial charge on any atom is 0.339 e. The van der Waals surface area contributed by atoms with Gasteiger partial charge in [-0.1, -0.05) is 0 Å². The monoisotopic (exact) mass is 186 g/mol. The second-order valence-corrected chi connectivity index (χ2v) is 2.74. The van der Waals surface area contributed by atoms with Gasteiger partial charge in [0.1, 0.15) is 5.56 Å². The van der Waals surface area contributed by atoms with E-state index in [1.165, 1.54) is 10.9 Å². The third-order valence-corrected chi connectivity index (χ3v) is 1.70. The number of hydrogen-bond donors (Lipinski definition) is 1. The molecular weight excluding hydrogens is 175 g/mol. The van der Waals surface area contributed by atoms with Gasteiger partial charge < -0.3 is 5.11 Å². The summed E-state index contributed by atoms with van der Waals surface area (Å²) in [4.78, 5) is 10.6. The molecule has 1 N–H and O–H groups in total. The van der Waals surface area contributed by atoms with E-state index in [0.29, 0.717) is 18.7 Å². The smallest absolute Gasteiger partial charge is 0.339 e. The molecule has 0 saturated carbocycles. The molecule has 13 heavy (non-hydrogen) atoms. The van der Waals surface area contributed by atoms with Gasteiger partial charge in [-0.15, -0.1) is 0 Å². The summed E-state index contributed by atoms with van der Waals surface area (Å²) in [7, 11) is 0. The number of hydrogen-bond acceptors (Lipinski definition) is 2. The van der Waals surface area contributed by atoms with Crippen molar-refractivity contribution in [2.75, 3.05) is 6.67 Å². The number of carboxylic acid groups (broad SMARTS) is 1. The van der Waals surface area contributed by atoms with Crippen LogP contribution in [-0.4, -0.2) is 27.5 Å². The van der Waals surface area contributed by atoms with Gasteiger partial charge in [0.05, 0.1) is 12.4 Å². The van der Waals surface area contributed by atoms with E-state index in [2.05, 4.69) is 5.10 Å². The molecule has 4 nitrogen and oxygen atoms in total. The molecule has 0 unspecified atom stereocenters. The average molecular weight is 186 g/mol. The van der Waals surface area contributed by atoms with E-state index < -0.39 is 12.6 Å². The second kappa shape index (κ2) is 4.02. The van der Waals surface area contributed by atoms with E-state index in [-0.39, 0.29) is 5.56 Å². The molecule has 0 aliphatic heterocycles.